The smallest absolute Gasteiger partial charge is 0.244 e. The van der Waals surface area contributed by atoms with Crippen molar-refractivity contribution in [1.82, 2.24) is 15.5 Å². The molecule has 0 aliphatic carbocycles. The van der Waals surface area contributed by atoms with Crippen molar-refractivity contribution in [3.63, 3.8) is 0 Å². The van der Waals surface area contributed by atoms with Gasteiger partial charge in [-0.15, -0.1) is 11.8 Å². The van der Waals surface area contributed by atoms with Crippen LogP contribution in [0.5, 0.6) is 5.75 Å². The zero-order valence-electron chi connectivity index (χ0n) is 11.2. The second-order valence-electron chi connectivity index (χ2n) is 5.21. The molecule has 7 heteroatoms. The van der Waals surface area contributed by atoms with Gasteiger partial charge in [0.2, 0.25) is 11.7 Å². The van der Waals surface area contributed by atoms with Crippen LogP contribution < -0.4 is 10.1 Å². The van der Waals surface area contributed by atoms with Gasteiger partial charge in [-0.25, -0.2) is 0 Å². The second kappa shape index (κ2) is 5.32. The fraction of sp³-hybridized carbons (Fsp3) is 0.429. The first-order chi connectivity index (χ1) is 10.3. The van der Waals surface area contributed by atoms with Crippen molar-refractivity contribution in [2.45, 2.75) is 29.6 Å². The van der Waals surface area contributed by atoms with Crippen molar-refractivity contribution in [3.8, 4) is 5.75 Å². The molecule has 2 aromatic rings. The predicted octanol–water partition coefficient (Wildman–Crippen LogP) is 1.69. The average molecular weight is 305 g/mol. The van der Waals surface area contributed by atoms with Crippen LogP contribution in [-0.2, 0) is 0 Å². The number of thioether (sulfide) groups is 1. The third kappa shape index (κ3) is 2.52. The predicted molar refractivity (Wildman–Crippen MR) is 76.2 cm³/mol. The standard InChI is InChI=1S/C14H15N3O3S/c18-8-5-9(15-6-8)14-16-13(17-20-14)11-7-21-12-4-2-1-3-10(12)19-11/h1-4,8-9,11,15,18H,5-7H2/t8-,9+,11?/m0/s1. The lowest BCUT2D eigenvalue weighted by molar-refractivity contribution is 0.190. The van der Waals surface area contributed by atoms with Crippen LogP contribution in [0, 0.1) is 0 Å². The molecule has 0 bridgehead atoms. The summed E-state index contributed by atoms with van der Waals surface area (Å²) in [5.74, 6) is 2.71. The van der Waals surface area contributed by atoms with Crippen molar-refractivity contribution in [2.24, 2.45) is 0 Å². The summed E-state index contributed by atoms with van der Waals surface area (Å²) >= 11 is 1.73. The van der Waals surface area contributed by atoms with E-state index >= 15 is 0 Å². The molecule has 21 heavy (non-hydrogen) atoms. The van der Waals surface area contributed by atoms with Crippen LogP contribution in [0.15, 0.2) is 33.7 Å². The van der Waals surface area contributed by atoms with Crippen LogP contribution in [0.3, 0.4) is 0 Å². The Labute approximate surface area is 125 Å². The number of rotatable bonds is 2. The first kappa shape index (κ1) is 13.1. The summed E-state index contributed by atoms with van der Waals surface area (Å²) in [7, 11) is 0. The summed E-state index contributed by atoms with van der Waals surface area (Å²) in [5, 5.41) is 16.7. The molecule has 2 aliphatic heterocycles. The number of aliphatic hydroxyl groups excluding tert-OH is 1. The highest BCUT2D eigenvalue weighted by Gasteiger charge is 2.31. The number of β-amino-alcohol motifs (C(OH)–C–C–N with tert-alkyl or cyclic N) is 1. The summed E-state index contributed by atoms with van der Waals surface area (Å²) in [4.78, 5) is 5.57. The van der Waals surface area contributed by atoms with E-state index in [-0.39, 0.29) is 18.2 Å². The number of hydrogen-bond acceptors (Lipinski definition) is 7. The largest absolute Gasteiger partial charge is 0.480 e. The van der Waals surface area contributed by atoms with E-state index in [1.54, 1.807) is 11.8 Å². The van der Waals surface area contributed by atoms with Crippen LogP contribution in [-0.4, -0.2) is 33.6 Å². The van der Waals surface area contributed by atoms with Gasteiger partial charge in [0.05, 0.1) is 12.1 Å². The Bertz CT molecular complexity index is 648. The lowest BCUT2D eigenvalue weighted by Gasteiger charge is -2.22. The number of fused-ring (bicyclic) bond motifs is 1. The first-order valence-corrected chi connectivity index (χ1v) is 7.91. The molecular formula is C14H15N3O3S. The highest BCUT2D eigenvalue weighted by atomic mass is 32.2. The molecule has 0 saturated carbocycles. The number of aliphatic hydroxyl groups is 1. The van der Waals surface area contributed by atoms with Gasteiger partial charge < -0.3 is 19.7 Å². The third-order valence-corrected chi connectivity index (χ3v) is 4.78. The van der Waals surface area contributed by atoms with Crippen LogP contribution in [0.1, 0.15) is 30.3 Å². The van der Waals surface area contributed by atoms with Gasteiger partial charge in [-0.3, -0.25) is 0 Å². The maximum absolute atomic E-state index is 9.55. The van der Waals surface area contributed by atoms with E-state index in [4.69, 9.17) is 9.26 Å². The molecular weight excluding hydrogens is 290 g/mol. The molecule has 6 nitrogen and oxygen atoms in total. The maximum atomic E-state index is 9.55. The number of nitrogens with zero attached hydrogens (tertiary/aromatic N) is 2. The molecule has 2 aliphatic rings. The number of ether oxygens (including phenoxy) is 1. The Morgan fingerprint density at radius 2 is 2.24 bits per heavy atom. The molecule has 1 fully saturated rings. The molecule has 110 valence electrons. The summed E-state index contributed by atoms with van der Waals surface area (Å²) in [5.41, 5.74) is 0. The first-order valence-electron chi connectivity index (χ1n) is 6.93. The Morgan fingerprint density at radius 3 is 3.10 bits per heavy atom. The molecule has 3 atom stereocenters. The Hall–Kier alpha value is -1.57. The number of hydrogen-bond donors (Lipinski definition) is 2. The molecule has 4 rings (SSSR count). The molecule has 3 heterocycles. The van der Waals surface area contributed by atoms with Crippen molar-refractivity contribution in [3.05, 3.63) is 36.0 Å². The molecule has 1 aromatic carbocycles. The van der Waals surface area contributed by atoms with Gasteiger partial charge in [0.25, 0.3) is 0 Å². The van der Waals surface area contributed by atoms with Gasteiger partial charge in [-0.05, 0) is 18.6 Å². The van der Waals surface area contributed by atoms with Gasteiger partial charge >= 0.3 is 0 Å². The number of para-hydroxylation sites is 1. The maximum Gasteiger partial charge on any atom is 0.244 e. The van der Waals surface area contributed by atoms with Crippen LogP contribution in [0.2, 0.25) is 0 Å². The highest BCUT2D eigenvalue weighted by Crippen LogP contribution is 2.39. The topological polar surface area (TPSA) is 80.4 Å². The fourth-order valence-corrected chi connectivity index (χ4v) is 3.55. The van der Waals surface area contributed by atoms with E-state index in [1.807, 2.05) is 24.3 Å². The second-order valence-corrected chi connectivity index (χ2v) is 6.27. The van der Waals surface area contributed by atoms with E-state index in [1.165, 1.54) is 0 Å². The van der Waals surface area contributed by atoms with Crippen LogP contribution >= 0.6 is 11.8 Å². The lowest BCUT2D eigenvalue weighted by atomic mass is 10.2. The average Bonchev–Trinajstić information content (AvgIpc) is 3.15. The van der Waals surface area contributed by atoms with Gasteiger partial charge in [-0.1, -0.05) is 17.3 Å². The Morgan fingerprint density at radius 1 is 1.33 bits per heavy atom. The summed E-state index contributed by atoms with van der Waals surface area (Å²) < 4.78 is 11.3. The fourth-order valence-electron chi connectivity index (χ4n) is 2.57. The van der Waals surface area contributed by atoms with Crippen molar-refractivity contribution < 1.29 is 14.4 Å². The summed E-state index contributed by atoms with van der Waals surface area (Å²) in [6, 6.07) is 7.88. The third-order valence-electron chi connectivity index (χ3n) is 3.66. The van der Waals surface area contributed by atoms with Crippen molar-refractivity contribution in [1.29, 1.82) is 0 Å². The summed E-state index contributed by atoms with van der Waals surface area (Å²) in [6.07, 6.45) is 0.0533. The van der Waals surface area contributed by atoms with E-state index in [0.717, 1.165) is 16.4 Å². The molecule has 1 saturated heterocycles. The minimum Gasteiger partial charge on any atom is -0.480 e. The van der Waals surface area contributed by atoms with E-state index in [9.17, 15) is 5.11 Å². The van der Waals surface area contributed by atoms with Crippen molar-refractivity contribution >= 4 is 11.8 Å². The van der Waals surface area contributed by atoms with Gasteiger partial charge in [0, 0.05) is 17.2 Å². The molecule has 0 amide bonds. The highest BCUT2D eigenvalue weighted by molar-refractivity contribution is 7.99. The summed E-state index contributed by atoms with van der Waals surface area (Å²) in [6.45, 7) is 0.561. The minimum atomic E-state index is -0.348. The number of nitrogens with one attached hydrogen (secondary N) is 1. The number of benzene rings is 1. The van der Waals surface area contributed by atoms with E-state index in [2.05, 4.69) is 15.5 Å². The zero-order valence-corrected chi connectivity index (χ0v) is 12.0. The minimum absolute atomic E-state index is 0.0650. The zero-order chi connectivity index (χ0) is 14.2. The SMILES string of the molecule is O[C@@H]1CN[C@@H](c2nc(C3CSc4ccccc4O3)no2)C1. The molecule has 1 aromatic heterocycles. The van der Waals surface area contributed by atoms with Gasteiger partial charge in [0.15, 0.2) is 6.10 Å². The van der Waals surface area contributed by atoms with Gasteiger partial charge in [0.1, 0.15) is 5.75 Å². The molecule has 0 radical (unpaired) electrons. The van der Waals surface area contributed by atoms with Crippen molar-refractivity contribution in [2.75, 3.05) is 12.3 Å². The monoisotopic (exact) mass is 305 g/mol. The molecule has 2 N–H and O–H groups in total. The van der Waals surface area contributed by atoms with E-state index in [0.29, 0.717) is 24.7 Å². The lowest BCUT2D eigenvalue weighted by Crippen LogP contribution is -2.17. The molecule has 0 spiro atoms. The Balaban J connectivity index is 1.52. The molecule has 1 unspecified atom stereocenters. The quantitative estimate of drug-likeness (QED) is 0.874. The van der Waals surface area contributed by atoms with Crippen LogP contribution in [0.4, 0.5) is 0 Å². The van der Waals surface area contributed by atoms with Crippen LogP contribution in [0.25, 0.3) is 0 Å². The van der Waals surface area contributed by atoms with Gasteiger partial charge in [-0.2, -0.15) is 4.98 Å². The Kier molecular flexibility index (Phi) is 3.33. The normalized spacial score (nSPS) is 28.1. The van der Waals surface area contributed by atoms with E-state index < -0.39 is 0 Å². The number of aromatic nitrogens is 2.